The average molecular weight is 257 g/mol. The van der Waals surface area contributed by atoms with Crippen LogP contribution in [-0.4, -0.2) is 48.3 Å². The summed E-state index contributed by atoms with van der Waals surface area (Å²) in [4.78, 5) is 13.6. The summed E-state index contributed by atoms with van der Waals surface area (Å²) in [5.41, 5.74) is 0. The van der Waals surface area contributed by atoms with Crippen LogP contribution in [0.1, 0.15) is 51.9 Å². The molecule has 1 aliphatic heterocycles. The maximum absolute atomic E-state index is 11.6. The van der Waals surface area contributed by atoms with Crippen molar-refractivity contribution in [3.8, 4) is 0 Å². The summed E-state index contributed by atoms with van der Waals surface area (Å²) in [5, 5.41) is 9.64. The maximum atomic E-state index is 11.6. The lowest BCUT2D eigenvalue weighted by Gasteiger charge is -2.21. The Morgan fingerprint density at radius 3 is 2.61 bits per heavy atom. The van der Waals surface area contributed by atoms with Gasteiger partial charge in [0, 0.05) is 13.0 Å². The molecule has 0 aromatic rings. The van der Waals surface area contributed by atoms with Gasteiger partial charge in [0.1, 0.15) is 6.04 Å². The summed E-state index contributed by atoms with van der Waals surface area (Å²) in [6, 6.07) is -0.236. The molecular formula is C14H27NO3. The smallest absolute Gasteiger partial charge is 0.323 e. The normalized spacial score (nSPS) is 24.4. The molecule has 106 valence electrons. The number of likely N-dealkylation sites (tertiary alicyclic amines) is 1. The third-order valence-corrected chi connectivity index (χ3v) is 3.65. The molecular weight excluding hydrogens is 230 g/mol. The van der Waals surface area contributed by atoms with E-state index in [0.717, 1.165) is 13.0 Å². The van der Waals surface area contributed by atoms with E-state index in [9.17, 15) is 9.90 Å². The molecule has 0 radical (unpaired) electrons. The van der Waals surface area contributed by atoms with Crippen molar-refractivity contribution in [1.82, 2.24) is 4.90 Å². The molecule has 0 spiro atoms. The summed E-state index contributed by atoms with van der Waals surface area (Å²) in [6.07, 6.45) is 7.60. The Morgan fingerprint density at radius 2 is 1.94 bits per heavy atom. The number of aliphatic hydroxyl groups is 1. The molecule has 0 aliphatic carbocycles. The van der Waals surface area contributed by atoms with Crippen molar-refractivity contribution in [2.24, 2.45) is 0 Å². The van der Waals surface area contributed by atoms with Crippen LogP contribution in [0.4, 0.5) is 0 Å². The zero-order valence-corrected chi connectivity index (χ0v) is 11.7. The SMILES string of the molecule is CCCCCCCCN1CC(O)CC1C(=O)OC. The van der Waals surface area contributed by atoms with Crippen LogP contribution >= 0.6 is 0 Å². The van der Waals surface area contributed by atoms with E-state index < -0.39 is 0 Å². The molecule has 1 aliphatic rings. The number of carbonyl (C=O) groups is 1. The molecule has 1 heterocycles. The first-order valence-corrected chi connectivity index (χ1v) is 7.19. The van der Waals surface area contributed by atoms with E-state index in [2.05, 4.69) is 11.8 Å². The topological polar surface area (TPSA) is 49.8 Å². The third-order valence-electron chi connectivity index (χ3n) is 3.65. The lowest BCUT2D eigenvalue weighted by atomic mass is 10.1. The number of carbonyl (C=O) groups excluding carboxylic acids is 1. The van der Waals surface area contributed by atoms with Crippen LogP contribution in [0.25, 0.3) is 0 Å². The van der Waals surface area contributed by atoms with Gasteiger partial charge in [-0.2, -0.15) is 0 Å². The molecule has 0 bridgehead atoms. The quantitative estimate of drug-likeness (QED) is 0.533. The zero-order chi connectivity index (χ0) is 13.4. The molecule has 4 nitrogen and oxygen atoms in total. The number of hydrogen-bond donors (Lipinski definition) is 1. The number of methoxy groups -OCH3 is 1. The summed E-state index contributed by atoms with van der Waals surface area (Å²) in [6.45, 7) is 3.71. The Morgan fingerprint density at radius 1 is 1.28 bits per heavy atom. The second-order valence-electron chi connectivity index (χ2n) is 5.19. The van der Waals surface area contributed by atoms with Crippen LogP contribution in [0.3, 0.4) is 0 Å². The number of rotatable bonds is 8. The number of ether oxygens (including phenoxy) is 1. The third kappa shape index (κ3) is 4.94. The second kappa shape index (κ2) is 8.48. The first-order valence-electron chi connectivity index (χ1n) is 7.19. The highest BCUT2D eigenvalue weighted by Crippen LogP contribution is 2.20. The first-order chi connectivity index (χ1) is 8.69. The summed E-state index contributed by atoms with van der Waals surface area (Å²) < 4.78 is 4.78. The van der Waals surface area contributed by atoms with Crippen molar-refractivity contribution in [3.63, 3.8) is 0 Å². The second-order valence-corrected chi connectivity index (χ2v) is 5.19. The van der Waals surface area contributed by atoms with Crippen molar-refractivity contribution >= 4 is 5.97 Å². The Bertz CT molecular complexity index is 245. The largest absolute Gasteiger partial charge is 0.468 e. The molecule has 2 atom stereocenters. The standard InChI is InChI=1S/C14H27NO3/c1-3-4-5-6-7-8-9-15-11-12(16)10-13(15)14(17)18-2/h12-13,16H,3-11H2,1-2H3. The average Bonchev–Trinajstić information content (AvgIpc) is 2.74. The van der Waals surface area contributed by atoms with Crippen LogP contribution in [0, 0.1) is 0 Å². The van der Waals surface area contributed by atoms with Gasteiger partial charge < -0.3 is 9.84 Å². The van der Waals surface area contributed by atoms with Gasteiger partial charge >= 0.3 is 5.97 Å². The van der Waals surface area contributed by atoms with Crippen LogP contribution in [-0.2, 0) is 9.53 Å². The number of β-amino-alcohol motifs (C(OH)–C–C–N with tert-alkyl or cyclic N) is 1. The minimum atomic E-state index is -0.380. The van der Waals surface area contributed by atoms with Gasteiger partial charge in [-0.15, -0.1) is 0 Å². The van der Waals surface area contributed by atoms with Gasteiger partial charge in [0.2, 0.25) is 0 Å². The van der Waals surface area contributed by atoms with Gasteiger partial charge in [-0.25, -0.2) is 0 Å². The summed E-state index contributed by atoms with van der Waals surface area (Å²) >= 11 is 0. The van der Waals surface area contributed by atoms with Crippen molar-refractivity contribution in [2.45, 2.75) is 64.0 Å². The van der Waals surface area contributed by atoms with Crippen molar-refractivity contribution in [3.05, 3.63) is 0 Å². The molecule has 0 aromatic carbocycles. The van der Waals surface area contributed by atoms with Crippen molar-refractivity contribution in [2.75, 3.05) is 20.2 Å². The number of unbranched alkanes of at least 4 members (excludes halogenated alkanes) is 5. The molecule has 1 N–H and O–H groups in total. The van der Waals surface area contributed by atoms with Gasteiger partial charge in [-0.1, -0.05) is 39.0 Å². The van der Waals surface area contributed by atoms with E-state index in [1.54, 1.807) is 0 Å². The van der Waals surface area contributed by atoms with E-state index in [-0.39, 0.29) is 18.1 Å². The molecule has 2 unspecified atom stereocenters. The molecule has 1 rings (SSSR count). The molecule has 4 heteroatoms. The Balaban J connectivity index is 2.21. The number of hydrogen-bond acceptors (Lipinski definition) is 4. The summed E-state index contributed by atoms with van der Waals surface area (Å²) in [5.74, 6) is -0.211. The van der Waals surface area contributed by atoms with Crippen molar-refractivity contribution < 1.29 is 14.6 Å². The highest BCUT2D eigenvalue weighted by Gasteiger charge is 2.36. The van der Waals surface area contributed by atoms with Crippen molar-refractivity contribution in [1.29, 1.82) is 0 Å². The summed E-state index contributed by atoms with van der Waals surface area (Å²) in [7, 11) is 1.41. The fourth-order valence-electron chi connectivity index (χ4n) is 2.60. The van der Waals surface area contributed by atoms with E-state index in [1.165, 1.54) is 39.2 Å². The van der Waals surface area contributed by atoms with Crippen LogP contribution in [0.5, 0.6) is 0 Å². The molecule has 0 saturated carbocycles. The monoisotopic (exact) mass is 257 g/mol. The minimum absolute atomic E-state index is 0.211. The Kier molecular flexibility index (Phi) is 7.28. The predicted molar refractivity (Wildman–Crippen MR) is 71.4 cm³/mol. The van der Waals surface area contributed by atoms with Crippen LogP contribution < -0.4 is 0 Å². The number of aliphatic hydroxyl groups excluding tert-OH is 1. The Hall–Kier alpha value is -0.610. The lowest BCUT2D eigenvalue weighted by Crippen LogP contribution is -2.37. The number of esters is 1. The predicted octanol–water partition coefficient (Wildman–Crippen LogP) is 1.96. The van der Waals surface area contributed by atoms with Gasteiger partial charge in [-0.3, -0.25) is 9.69 Å². The fraction of sp³-hybridized carbons (Fsp3) is 0.929. The van der Waals surface area contributed by atoms with Gasteiger partial charge in [0.05, 0.1) is 13.2 Å². The molecule has 0 aromatic heterocycles. The Labute approximate surface area is 110 Å². The minimum Gasteiger partial charge on any atom is -0.468 e. The maximum Gasteiger partial charge on any atom is 0.323 e. The van der Waals surface area contributed by atoms with E-state index in [4.69, 9.17) is 4.74 Å². The van der Waals surface area contributed by atoms with E-state index in [0.29, 0.717) is 13.0 Å². The highest BCUT2D eigenvalue weighted by atomic mass is 16.5. The van der Waals surface area contributed by atoms with E-state index >= 15 is 0 Å². The molecule has 0 amide bonds. The van der Waals surface area contributed by atoms with Gasteiger partial charge in [-0.05, 0) is 13.0 Å². The molecule has 1 fully saturated rings. The van der Waals surface area contributed by atoms with Gasteiger partial charge in [0.25, 0.3) is 0 Å². The van der Waals surface area contributed by atoms with Gasteiger partial charge in [0.15, 0.2) is 0 Å². The number of nitrogens with zero attached hydrogens (tertiary/aromatic N) is 1. The lowest BCUT2D eigenvalue weighted by molar-refractivity contribution is -0.145. The van der Waals surface area contributed by atoms with Crippen LogP contribution in [0.2, 0.25) is 0 Å². The van der Waals surface area contributed by atoms with E-state index in [1.807, 2.05) is 0 Å². The molecule has 1 saturated heterocycles. The molecule has 18 heavy (non-hydrogen) atoms. The zero-order valence-electron chi connectivity index (χ0n) is 11.7. The first kappa shape index (κ1) is 15.4. The van der Waals surface area contributed by atoms with Crippen LogP contribution in [0.15, 0.2) is 0 Å². The fourth-order valence-corrected chi connectivity index (χ4v) is 2.60. The highest BCUT2D eigenvalue weighted by molar-refractivity contribution is 5.76.